The van der Waals surface area contributed by atoms with Crippen LogP contribution in [0, 0.1) is 0 Å². The third kappa shape index (κ3) is 80.6. The van der Waals surface area contributed by atoms with Crippen LogP contribution in [0.3, 0.4) is 0 Å². The number of hydrogen-bond donors (Lipinski definition) is 1. The Morgan fingerprint density at radius 1 is 0.316 bits per heavy atom. The Morgan fingerprint density at radius 2 is 0.551 bits per heavy atom. The molecular weight excluding hydrogens is 1230 g/mol. The van der Waals surface area contributed by atoms with Crippen LogP contribution in [0.15, 0.2) is 158 Å². The van der Waals surface area contributed by atoms with Gasteiger partial charge in [-0.3, -0.25) is 18.6 Å². The van der Waals surface area contributed by atoms with Gasteiger partial charge in [0.05, 0.1) is 27.7 Å². The van der Waals surface area contributed by atoms with E-state index in [1.165, 1.54) is 180 Å². The van der Waals surface area contributed by atoms with Crippen molar-refractivity contribution in [3.8, 4) is 0 Å². The average molecular weight is 1380 g/mol. The summed E-state index contributed by atoms with van der Waals surface area (Å²) in [4.78, 5) is 36.0. The van der Waals surface area contributed by atoms with Crippen LogP contribution in [0.25, 0.3) is 0 Å². The van der Waals surface area contributed by atoms with Crippen molar-refractivity contribution in [1.82, 2.24) is 0 Å². The quantitative estimate of drug-likeness (QED) is 0.0211. The lowest BCUT2D eigenvalue weighted by atomic mass is 10.0. The number of hydrogen-bond acceptors (Lipinski definition) is 7. The lowest BCUT2D eigenvalue weighted by Gasteiger charge is -2.24. The molecule has 0 saturated heterocycles. The number of phosphoric ester groups is 1. The topological polar surface area (TPSA) is 108 Å². The highest BCUT2D eigenvalue weighted by Gasteiger charge is 2.27. The molecular formula is C88H151NO8P+. The molecule has 0 aromatic rings. The fraction of sp³-hybridized carbons (Fsp3) is 0.682. The monoisotopic (exact) mass is 1380 g/mol. The van der Waals surface area contributed by atoms with E-state index in [2.05, 4.69) is 172 Å². The van der Waals surface area contributed by atoms with Gasteiger partial charge in [-0.15, -0.1) is 0 Å². The lowest BCUT2D eigenvalue weighted by Crippen LogP contribution is -2.37. The van der Waals surface area contributed by atoms with Crippen LogP contribution in [0.5, 0.6) is 0 Å². The number of carbonyl (C=O) groups excluding carboxylic acids is 2. The predicted octanol–water partition coefficient (Wildman–Crippen LogP) is 27.1. The molecule has 98 heavy (non-hydrogen) atoms. The van der Waals surface area contributed by atoms with E-state index < -0.39 is 26.5 Å². The molecule has 0 rings (SSSR count). The second-order valence-corrected chi connectivity index (χ2v) is 29.1. The van der Waals surface area contributed by atoms with Crippen molar-refractivity contribution in [2.75, 3.05) is 47.5 Å². The van der Waals surface area contributed by atoms with Gasteiger partial charge in [-0.05, 0) is 122 Å². The van der Waals surface area contributed by atoms with E-state index in [0.29, 0.717) is 17.4 Å². The molecule has 0 amide bonds. The molecule has 0 aliphatic rings. The molecule has 560 valence electrons. The van der Waals surface area contributed by atoms with E-state index in [4.69, 9.17) is 18.5 Å². The molecule has 0 aliphatic carbocycles. The standard InChI is InChI=1S/C88H150NO8P/c1-6-8-10-12-14-16-18-20-22-24-26-28-30-32-34-36-38-40-42-43-44-45-47-48-50-52-54-56-58-60-62-64-66-68-70-72-74-76-78-80-87(90)94-84-86(85-96-98(92,93)95-83-82-89(3,4)5)97-88(91)81-79-77-75-73-71-69-67-65-63-61-59-57-55-53-51-49-46-41-39-37-35-33-31-29-27-25-23-21-19-17-15-13-11-9-7-2/h8-11,14-17,20-23,26-29,32-35,38-41,49,51,86H,6-7,12-13,18-19,24-25,30-31,36-37,42-48,50,52-85H2,1-5H3/p+1/b10-8-,11-9-,16-14-,17-15-,22-20-,23-21-,28-26-,29-27-,34-32-,35-33-,40-38-,41-39-,51-49-. The van der Waals surface area contributed by atoms with Crippen LogP contribution < -0.4 is 0 Å². The first-order valence-corrected chi connectivity index (χ1v) is 41.7. The zero-order chi connectivity index (χ0) is 71.1. The smallest absolute Gasteiger partial charge is 0.462 e. The summed E-state index contributed by atoms with van der Waals surface area (Å²) in [5, 5.41) is 0. The Morgan fingerprint density at radius 3 is 0.816 bits per heavy atom. The van der Waals surface area contributed by atoms with Gasteiger partial charge in [0.2, 0.25) is 0 Å². The van der Waals surface area contributed by atoms with Gasteiger partial charge in [-0.25, -0.2) is 4.57 Å². The van der Waals surface area contributed by atoms with Gasteiger partial charge >= 0.3 is 19.8 Å². The van der Waals surface area contributed by atoms with Crippen LogP contribution in [-0.2, 0) is 32.7 Å². The number of likely N-dealkylation sites (N-methyl/N-ethyl adjacent to an activating group) is 1. The maximum atomic E-state index is 12.9. The molecule has 0 spiro atoms. The normalized spacial score (nSPS) is 13.9. The minimum atomic E-state index is -4.40. The van der Waals surface area contributed by atoms with Crippen LogP contribution in [-0.4, -0.2) is 74.9 Å². The molecule has 0 aromatic carbocycles. The number of esters is 2. The van der Waals surface area contributed by atoms with E-state index in [9.17, 15) is 19.0 Å². The number of phosphoric acid groups is 1. The second-order valence-electron chi connectivity index (χ2n) is 27.7. The van der Waals surface area contributed by atoms with Gasteiger partial charge in [0.25, 0.3) is 0 Å². The van der Waals surface area contributed by atoms with E-state index in [1.54, 1.807) is 0 Å². The summed E-state index contributed by atoms with van der Waals surface area (Å²) >= 11 is 0. The van der Waals surface area contributed by atoms with Crippen molar-refractivity contribution in [1.29, 1.82) is 0 Å². The van der Waals surface area contributed by atoms with Gasteiger partial charge < -0.3 is 18.9 Å². The number of carbonyl (C=O) groups is 2. The highest BCUT2D eigenvalue weighted by atomic mass is 31.2. The summed E-state index contributed by atoms with van der Waals surface area (Å²) in [6.45, 7) is 4.23. The zero-order valence-electron chi connectivity index (χ0n) is 64.0. The second kappa shape index (κ2) is 76.8. The van der Waals surface area contributed by atoms with E-state index in [1.807, 2.05) is 21.1 Å². The summed E-state index contributed by atoms with van der Waals surface area (Å²) in [5.74, 6) is -0.793. The van der Waals surface area contributed by atoms with E-state index >= 15 is 0 Å². The van der Waals surface area contributed by atoms with Crippen molar-refractivity contribution in [2.45, 2.75) is 341 Å². The third-order valence-corrected chi connectivity index (χ3v) is 18.0. The SMILES string of the molecule is CC/C=C\C/C=C\C/C=C\C/C=C\C/C=C\C/C=C\C/C=C\CCCCCCCCCCCCCCCC(=O)OC(COC(=O)CCCCCCCCCCCCCCCCCCCCCC/C=C\C/C=C\C/C=C\C/C=C\C/C=C\C/C=C\CC)COP(=O)(O)OCC[N+](C)(C)C. The lowest BCUT2D eigenvalue weighted by molar-refractivity contribution is -0.870. The minimum absolute atomic E-state index is 0.0271. The number of nitrogens with zero attached hydrogens (tertiary/aromatic N) is 1. The summed E-state index contributed by atoms with van der Waals surface area (Å²) in [6, 6.07) is 0. The molecule has 0 fully saturated rings. The van der Waals surface area contributed by atoms with Gasteiger partial charge in [0.1, 0.15) is 19.8 Å². The molecule has 0 aromatic heterocycles. The highest BCUT2D eigenvalue weighted by Crippen LogP contribution is 2.43. The van der Waals surface area contributed by atoms with Crippen molar-refractivity contribution >= 4 is 19.8 Å². The summed E-state index contributed by atoms with van der Waals surface area (Å²) < 4.78 is 34.8. The molecule has 1 N–H and O–H groups in total. The summed E-state index contributed by atoms with van der Waals surface area (Å²) in [5.41, 5.74) is 0. The van der Waals surface area contributed by atoms with Crippen molar-refractivity contribution < 1.29 is 42.1 Å². The molecule has 2 atom stereocenters. The Labute approximate surface area is 605 Å². The molecule has 0 heterocycles. The van der Waals surface area contributed by atoms with Crippen molar-refractivity contribution in [2.24, 2.45) is 0 Å². The number of quaternary nitrogens is 1. The molecule has 10 heteroatoms. The number of unbranched alkanes of at least 4 members (excludes halogenated alkanes) is 33. The summed E-state index contributed by atoms with van der Waals surface area (Å²) in [7, 11) is 1.47. The Kier molecular flexibility index (Phi) is 73.4. The predicted molar refractivity (Wildman–Crippen MR) is 426 cm³/mol. The average Bonchev–Trinajstić information content (AvgIpc) is 1.08. The maximum Gasteiger partial charge on any atom is 0.472 e. The number of allylic oxidation sites excluding steroid dienone is 26. The molecule has 0 radical (unpaired) electrons. The number of rotatable bonds is 73. The highest BCUT2D eigenvalue weighted by molar-refractivity contribution is 7.47. The molecule has 0 bridgehead atoms. The van der Waals surface area contributed by atoms with Crippen molar-refractivity contribution in [3.05, 3.63) is 158 Å². The van der Waals surface area contributed by atoms with Crippen LogP contribution in [0.2, 0.25) is 0 Å². The van der Waals surface area contributed by atoms with E-state index in [-0.39, 0.29) is 32.0 Å². The van der Waals surface area contributed by atoms with Gasteiger partial charge in [-0.2, -0.15) is 0 Å². The summed E-state index contributed by atoms with van der Waals surface area (Å²) in [6.07, 6.45) is 115. The number of ether oxygens (including phenoxy) is 2. The fourth-order valence-corrected chi connectivity index (χ4v) is 11.7. The van der Waals surface area contributed by atoms with Crippen molar-refractivity contribution in [3.63, 3.8) is 0 Å². The Hall–Kier alpha value is -4.37. The Balaban J connectivity index is 3.98. The Bertz CT molecular complexity index is 2220. The van der Waals surface area contributed by atoms with Gasteiger partial charge in [0, 0.05) is 12.8 Å². The van der Waals surface area contributed by atoms with Gasteiger partial charge in [-0.1, -0.05) is 358 Å². The molecule has 0 aliphatic heterocycles. The molecule has 2 unspecified atom stereocenters. The first kappa shape index (κ1) is 93.6. The van der Waals surface area contributed by atoms with Crippen LogP contribution in [0.4, 0.5) is 0 Å². The first-order chi connectivity index (χ1) is 48.0. The third-order valence-electron chi connectivity index (χ3n) is 17.1. The van der Waals surface area contributed by atoms with Gasteiger partial charge in [0.15, 0.2) is 6.10 Å². The first-order valence-electron chi connectivity index (χ1n) is 40.2. The minimum Gasteiger partial charge on any atom is -0.462 e. The molecule has 9 nitrogen and oxygen atoms in total. The van der Waals surface area contributed by atoms with Crippen LogP contribution in [0.1, 0.15) is 335 Å². The fourth-order valence-electron chi connectivity index (χ4n) is 11.0. The molecule has 0 saturated carbocycles. The largest absolute Gasteiger partial charge is 0.472 e. The zero-order valence-corrected chi connectivity index (χ0v) is 64.9. The maximum absolute atomic E-state index is 12.9. The van der Waals surface area contributed by atoms with Crippen LogP contribution >= 0.6 is 7.82 Å². The van der Waals surface area contributed by atoms with E-state index in [0.717, 1.165) is 122 Å².